The molecule has 0 fully saturated rings. The summed E-state index contributed by atoms with van der Waals surface area (Å²) in [6.07, 6.45) is 3.28. The van der Waals surface area contributed by atoms with E-state index in [-0.39, 0.29) is 18.1 Å². The van der Waals surface area contributed by atoms with Crippen molar-refractivity contribution in [1.29, 1.82) is 0 Å². The maximum absolute atomic E-state index is 13.0. The number of aliphatic hydroxyl groups is 1. The molecule has 4 heteroatoms. The van der Waals surface area contributed by atoms with Crippen LogP contribution in [0.15, 0.2) is 24.5 Å². The molecule has 62 valence electrons. The minimum atomic E-state index is -0.378. The van der Waals surface area contributed by atoms with Gasteiger partial charge in [-0.1, -0.05) is 0 Å². The number of hydrogen-bond donors (Lipinski definition) is 1. The fourth-order valence-corrected chi connectivity index (χ4v) is 1.11. The third-order valence-corrected chi connectivity index (χ3v) is 1.65. The normalized spacial score (nSPS) is 10.8. The van der Waals surface area contributed by atoms with Crippen LogP contribution in [0.4, 0.5) is 4.39 Å². The highest BCUT2D eigenvalue weighted by atomic mass is 19.1. The average molecular weight is 166 g/mol. The van der Waals surface area contributed by atoms with Crippen molar-refractivity contribution < 1.29 is 9.50 Å². The van der Waals surface area contributed by atoms with Gasteiger partial charge in [0.05, 0.1) is 12.3 Å². The second-order valence-electron chi connectivity index (χ2n) is 2.48. The lowest BCUT2D eigenvalue weighted by Crippen LogP contribution is -1.85. The Morgan fingerprint density at radius 1 is 1.58 bits per heavy atom. The molecular formula is C8H7FN2O. The smallest absolute Gasteiger partial charge is 0.173 e. The Balaban J connectivity index is 2.74. The summed E-state index contributed by atoms with van der Waals surface area (Å²) in [4.78, 5) is 3.87. The Labute approximate surface area is 68.1 Å². The van der Waals surface area contributed by atoms with Gasteiger partial charge in [0.2, 0.25) is 0 Å². The Kier molecular flexibility index (Phi) is 1.55. The summed E-state index contributed by atoms with van der Waals surface area (Å²) >= 11 is 0. The molecule has 0 aliphatic rings. The number of halogens is 1. The molecule has 0 saturated carbocycles. The molecule has 2 aromatic rings. The minimum absolute atomic E-state index is 0.166. The first-order valence-electron chi connectivity index (χ1n) is 3.54. The van der Waals surface area contributed by atoms with Gasteiger partial charge in [-0.3, -0.25) is 0 Å². The zero-order valence-electron chi connectivity index (χ0n) is 6.24. The van der Waals surface area contributed by atoms with Crippen molar-refractivity contribution in [2.75, 3.05) is 0 Å². The number of fused-ring (bicyclic) bond motifs is 1. The van der Waals surface area contributed by atoms with Crippen LogP contribution in [0.1, 0.15) is 5.69 Å². The van der Waals surface area contributed by atoms with Gasteiger partial charge in [-0.15, -0.1) is 0 Å². The molecule has 0 bridgehead atoms. The van der Waals surface area contributed by atoms with E-state index in [2.05, 4.69) is 4.98 Å². The topological polar surface area (TPSA) is 37.5 Å². The molecule has 12 heavy (non-hydrogen) atoms. The second-order valence-corrected chi connectivity index (χ2v) is 2.48. The van der Waals surface area contributed by atoms with Crippen molar-refractivity contribution in [2.45, 2.75) is 6.61 Å². The van der Waals surface area contributed by atoms with Gasteiger partial charge in [0.25, 0.3) is 0 Å². The Morgan fingerprint density at radius 3 is 3.08 bits per heavy atom. The van der Waals surface area contributed by atoms with Crippen molar-refractivity contribution in [3.63, 3.8) is 0 Å². The van der Waals surface area contributed by atoms with Crippen LogP contribution in [0.25, 0.3) is 5.65 Å². The van der Waals surface area contributed by atoms with Crippen LogP contribution in [-0.2, 0) is 6.61 Å². The molecule has 0 aromatic carbocycles. The lowest BCUT2D eigenvalue weighted by atomic mass is 10.4. The minimum Gasteiger partial charge on any atom is -0.390 e. The first kappa shape index (κ1) is 7.24. The molecule has 1 N–H and O–H groups in total. The zero-order valence-corrected chi connectivity index (χ0v) is 6.24. The lowest BCUT2D eigenvalue weighted by molar-refractivity contribution is 0.277. The van der Waals surface area contributed by atoms with Crippen LogP contribution in [0, 0.1) is 5.82 Å². The molecule has 0 unspecified atom stereocenters. The van der Waals surface area contributed by atoms with Gasteiger partial charge in [0.1, 0.15) is 0 Å². The zero-order chi connectivity index (χ0) is 8.55. The number of rotatable bonds is 1. The van der Waals surface area contributed by atoms with Crippen molar-refractivity contribution in [1.82, 2.24) is 9.38 Å². The van der Waals surface area contributed by atoms with Crippen molar-refractivity contribution in [3.05, 3.63) is 36.0 Å². The predicted octanol–water partition coefficient (Wildman–Crippen LogP) is 0.966. The fraction of sp³-hybridized carbons (Fsp3) is 0.125. The summed E-state index contributed by atoms with van der Waals surface area (Å²) in [6, 6.07) is 2.93. The molecule has 0 saturated heterocycles. The second kappa shape index (κ2) is 2.57. The molecule has 0 aliphatic carbocycles. The van der Waals surface area contributed by atoms with Crippen LogP contribution in [-0.4, -0.2) is 14.5 Å². The van der Waals surface area contributed by atoms with E-state index in [0.717, 1.165) is 0 Å². The summed E-state index contributed by atoms with van der Waals surface area (Å²) in [5, 5.41) is 8.73. The number of hydrogen-bond acceptors (Lipinski definition) is 2. The summed E-state index contributed by atoms with van der Waals surface area (Å²) in [5.74, 6) is -0.378. The maximum Gasteiger partial charge on any atom is 0.173 e. The SMILES string of the molecule is OCc1cn2cccc(F)c2n1. The largest absolute Gasteiger partial charge is 0.390 e. The predicted molar refractivity (Wildman–Crippen MR) is 41.1 cm³/mol. The van der Waals surface area contributed by atoms with Gasteiger partial charge in [0.15, 0.2) is 11.5 Å². The molecular weight excluding hydrogens is 159 g/mol. The Hall–Kier alpha value is -1.42. The summed E-state index contributed by atoms with van der Waals surface area (Å²) in [5.41, 5.74) is 0.724. The van der Waals surface area contributed by atoms with E-state index < -0.39 is 0 Å². The van der Waals surface area contributed by atoms with Crippen molar-refractivity contribution >= 4 is 5.65 Å². The van der Waals surface area contributed by atoms with Crippen molar-refractivity contribution in [3.8, 4) is 0 Å². The molecule has 0 amide bonds. The number of aliphatic hydroxyl groups excluding tert-OH is 1. The van der Waals surface area contributed by atoms with Gasteiger partial charge < -0.3 is 9.51 Å². The molecule has 0 aliphatic heterocycles. The molecule has 2 rings (SSSR count). The molecule has 3 nitrogen and oxygen atoms in total. The van der Waals surface area contributed by atoms with Gasteiger partial charge >= 0.3 is 0 Å². The summed E-state index contributed by atoms with van der Waals surface area (Å²) in [7, 11) is 0. The average Bonchev–Trinajstić information content (AvgIpc) is 2.49. The van der Waals surface area contributed by atoms with Gasteiger partial charge in [-0.25, -0.2) is 9.37 Å². The summed E-state index contributed by atoms with van der Waals surface area (Å²) < 4.78 is 14.5. The van der Waals surface area contributed by atoms with Crippen LogP contribution in [0.2, 0.25) is 0 Å². The maximum atomic E-state index is 13.0. The number of pyridine rings is 1. The molecule has 2 aromatic heterocycles. The highest BCUT2D eigenvalue weighted by molar-refractivity contribution is 5.41. The first-order chi connectivity index (χ1) is 5.81. The summed E-state index contributed by atoms with van der Waals surface area (Å²) in [6.45, 7) is -0.166. The van der Waals surface area contributed by atoms with Gasteiger partial charge in [-0.2, -0.15) is 0 Å². The number of nitrogens with zero attached hydrogens (tertiary/aromatic N) is 2. The Morgan fingerprint density at radius 2 is 2.42 bits per heavy atom. The standard InChI is InChI=1S/C8H7FN2O/c9-7-2-1-3-11-4-6(5-12)10-8(7)11/h1-4,12H,5H2. The highest BCUT2D eigenvalue weighted by Gasteiger charge is 2.03. The molecule has 0 spiro atoms. The Bertz CT molecular complexity index is 410. The van der Waals surface area contributed by atoms with Crippen LogP contribution >= 0.6 is 0 Å². The fourth-order valence-electron chi connectivity index (χ4n) is 1.11. The monoisotopic (exact) mass is 166 g/mol. The van der Waals surface area contributed by atoms with Crippen molar-refractivity contribution in [2.24, 2.45) is 0 Å². The third-order valence-electron chi connectivity index (χ3n) is 1.65. The first-order valence-corrected chi connectivity index (χ1v) is 3.54. The van der Waals surface area contributed by atoms with E-state index in [1.165, 1.54) is 6.07 Å². The van der Waals surface area contributed by atoms with E-state index in [1.807, 2.05) is 0 Å². The van der Waals surface area contributed by atoms with E-state index in [4.69, 9.17) is 5.11 Å². The van der Waals surface area contributed by atoms with Gasteiger partial charge in [-0.05, 0) is 12.1 Å². The van der Waals surface area contributed by atoms with Crippen LogP contribution < -0.4 is 0 Å². The van der Waals surface area contributed by atoms with E-state index in [9.17, 15) is 4.39 Å². The van der Waals surface area contributed by atoms with E-state index in [1.54, 1.807) is 22.9 Å². The third kappa shape index (κ3) is 0.967. The van der Waals surface area contributed by atoms with E-state index >= 15 is 0 Å². The number of aromatic nitrogens is 2. The van der Waals surface area contributed by atoms with Gasteiger partial charge in [0, 0.05) is 12.4 Å². The highest BCUT2D eigenvalue weighted by Crippen LogP contribution is 2.08. The lowest BCUT2D eigenvalue weighted by Gasteiger charge is -1.90. The molecule has 2 heterocycles. The van der Waals surface area contributed by atoms with E-state index in [0.29, 0.717) is 5.69 Å². The molecule has 0 radical (unpaired) electrons. The number of imidazole rings is 1. The van der Waals surface area contributed by atoms with Crippen LogP contribution in [0.3, 0.4) is 0 Å². The van der Waals surface area contributed by atoms with Crippen LogP contribution in [0.5, 0.6) is 0 Å². The molecule has 0 atom stereocenters. The quantitative estimate of drug-likeness (QED) is 0.685.